The molecule has 2 rings (SSSR count). The van der Waals surface area contributed by atoms with Crippen molar-refractivity contribution in [3.63, 3.8) is 0 Å². The van der Waals surface area contributed by atoms with E-state index in [0.29, 0.717) is 33.8 Å². The lowest BCUT2D eigenvalue weighted by molar-refractivity contribution is -0.121. The lowest BCUT2D eigenvalue weighted by atomic mass is 10.1. The van der Waals surface area contributed by atoms with Crippen LogP contribution < -0.4 is 10.2 Å². The lowest BCUT2D eigenvalue weighted by Crippen LogP contribution is -2.38. The van der Waals surface area contributed by atoms with Gasteiger partial charge in [-0.2, -0.15) is 0 Å². The molecule has 0 aromatic heterocycles. The molecule has 0 heterocycles. The van der Waals surface area contributed by atoms with Crippen molar-refractivity contribution in [2.24, 2.45) is 0 Å². The Kier molecular flexibility index (Phi) is 7.12. The fourth-order valence-electron chi connectivity index (χ4n) is 2.30. The Balaban J connectivity index is 1.92. The average molecular weight is 400 g/mol. The highest BCUT2D eigenvalue weighted by atomic mass is 35.5. The molecule has 4 nitrogen and oxygen atoms in total. The predicted octanol–water partition coefficient (Wildman–Crippen LogP) is 4.36. The molecule has 0 radical (unpaired) electrons. The van der Waals surface area contributed by atoms with Crippen molar-refractivity contribution in [2.45, 2.75) is 13.3 Å². The van der Waals surface area contributed by atoms with Gasteiger partial charge in [-0.05, 0) is 35.9 Å². The molecule has 0 unspecified atom stereocenters. The topological polar surface area (TPSA) is 49.4 Å². The molecule has 0 aliphatic heterocycles. The first-order valence-electron chi connectivity index (χ1n) is 7.61. The molecule has 0 saturated carbocycles. The molecule has 0 spiro atoms. The van der Waals surface area contributed by atoms with Gasteiger partial charge in [-0.3, -0.25) is 9.59 Å². The lowest BCUT2D eigenvalue weighted by Gasteiger charge is -2.22. The molecule has 2 amide bonds. The third-order valence-corrected chi connectivity index (χ3v) is 4.31. The third-order valence-electron chi connectivity index (χ3n) is 3.52. The van der Waals surface area contributed by atoms with Crippen LogP contribution in [0, 0.1) is 0 Å². The Labute approximate surface area is 161 Å². The SMILES string of the molecule is CC(=O)N(CCNC(=O)Cc1ccc(Cl)cc1)c1ccc(Cl)cc1Cl. The van der Waals surface area contributed by atoms with E-state index in [1.54, 1.807) is 42.5 Å². The zero-order chi connectivity index (χ0) is 18.4. The maximum atomic E-state index is 12.0. The Morgan fingerprint density at radius 1 is 1.00 bits per heavy atom. The number of benzene rings is 2. The number of halogens is 3. The number of nitrogens with zero attached hydrogens (tertiary/aromatic N) is 1. The van der Waals surface area contributed by atoms with E-state index in [1.807, 2.05) is 0 Å². The van der Waals surface area contributed by atoms with Crippen LogP contribution >= 0.6 is 34.8 Å². The predicted molar refractivity (Wildman–Crippen MR) is 103 cm³/mol. The van der Waals surface area contributed by atoms with Crippen molar-refractivity contribution >= 4 is 52.3 Å². The van der Waals surface area contributed by atoms with Crippen molar-refractivity contribution < 1.29 is 9.59 Å². The van der Waals surface area contributed by atoms with Gasteiger partial charge in [-0.1, -0.05) is 46.9 Å². The van der Waals surface area contributed by atoms with Gasteiger partial charge in [-0.25, -0.2) is 0 Å². The summed E-state index contributed by atoms with van der Waals surface area (Å²) in [4.78, 5) is 25.4. The van der Waals surface area contributed by atoms with Gasteiger partial charge in [0, 0.05) is 30.1 Å². The molecule has 0 fully saturated rings. The van der Waals surface area contributed by atoms with Crippen molar-refractivity contribution in [1.29, 1.82) is 0 Å². The first-order chi connectivity index (χ1) is 11.9. The summed E-state index contributed by atoms with van der Waals surface area (Å²) in [7, 11) is 0. The van der Waals surface area contributed by atoms with Crippen LogP contribution in [0.2, 0.25) is 15.1 Å². The minimum atomic E-state index is -0.170. The van der Waals surface area contributed by atoms with Crippen LogP contribution in [0.3, 0.4) is 0 Å². The number of rotatable bonds is 6. The summed E-state index contributed by atoms with van der Waals surface area (Å²) in [5.74, 6) is -0.302. The molecule has 0 aliphatic carbocycles. The quantitative estimate of drug-likeness (QED) is 0.784. The van der Waals surface area contributed by atoms with Crippen molar-refractivity contribution in [1.82, 2.24) is 5.32 Å². The summed E-state index contributed by atoms with van der Waals surface area (Å²) in [6.45, 7) is 2.06. The van der Waals surface area contributed by atoms with E-state index in [2.05, 4.69) is 5.32 Å². The number of hydrogen-bond donors (Lipinski definition) is 1. The van der Waals surface area contributed by atoms with Crippen LogP contribution in [0.15, 0.2) is 42.5 Å². The molecule has 2 aromatic rings. The minimum Gasteiger partial charge on any atom is -0.354 e. The molecule has 132 valence electrons. The molecule has 0 bridgehead atoms. The Morgan fingerprint density at radius 3 is 2.24 bits per heavy atom. The van der Waals surface area contributed by atoms with Gasteiger partial charge in [0.25, 0.3) is 0 Å². The summed E-state index contributed by atoms with van der Waals surface area (Å²) >= 11 is 17.9. The summed E-state index contributed by atoms with van der Waals surface area (Å²) in [5, 5.41) is 4.30. The van der Waals surface area contributed by atoms with Crippen LogP contribution in [0.5, 0.6) is 0 Å². The van der Waals surface area contributed by atoms with E-state index in [-0.39, 0.29) is 18.2 Å². The highest BCUT2D eigenvalue weighted by Crippen LogP contribution is 2.28. The smallest absolute Gasteiger partial charge is 0.224 e. The Bertz CT molecular complexity index is 763. The number of amides is 2. The number of anilines is 1. The number of nitrogens with one attached hydrogen (secondary N) is 1. The van der Waals surface area contributed by atoms with Crippen LogP contribution in [-0.2, 0) is 16.0 Å². The van der Waals surface area contributed by atoms with E-state index >= 15 is 0 Å². The monoisotopic (exact) mass is 398 g/mol. The molecule has 7 heteroatoms. The largest absolute Gasteiger partial charge is 0.354 e. The molecule has 0 saturated heterocycles. The van der Waals surface area contributed by atoms with Gasteiger partial charge in [0.05, 0.1) is 17.1 Å². The zero-order valence-corrected chi connectivity index (χ0v) is 15.8. The van der Waals surface area contributed by atoms with Gasteiger partial charge in [0.2, 0.25) is 11.8 Å². The Morgan fingerprint density at radius 2 is 1.64 bits per heavy atom. The zero-order valence-electron chi connectivity index (χ0n) is 13.6. The maximum Gasteiger partial charge on any atom is 0.224 e. The number of carbonyl (C=O) groups excluding carboxylic acids is 2. The molecule has 1 N–H and O–H groups in total. The summed E-state index contributed by atoms with van der Waals surface area (Å²) in [5.41, 5.74) is 1.43. The second kappa shape index (κ2) is 9.09. The van der Waals surface area contributed by atoms with Crippen LogP contribution in [0.4, 0.5) is 5.69 Å². The molecule has 25 heavy (non-hydrogen) atoms. The fourth-order valence-corrected chi connectivity index (χ4v) is 2.94. The van der Waals surface area contributed by atoms with E-state index < -0.39 is 0 Å². The summed E-state index contributed by atoms with van der Waals surface area (Å²) in [6, 6.07) is 12.0. The number of hydrogen-bond acceptors (Lipinski definition) is 2. The highest BCUT2D eigenvalue weighted by Gasteiger charge is 2.15. The normalized spacial score (nSPS) is 10.4. The standard InChI is InChI=1S/C18H17Cl3N2O2/c1-12(24)23(17-7-6-15(20)11-16(17)21)9-8-22-18(25)10-13-2-4-14(19)5-3-13/h2-7,11H,8-10H2,1H3,(H,22,25). The fraction of sp³-hybridized carbons (Fsp3) is 0.222. The molecule has 2 aromatic carbocycles. The number of carbonyl (C=O) groups is 2. The van der Waals surface area contributed by atoms with Crippen LogP contribution in [0.25, 0.3) is 0 Å². The van der Waals surface area contributed by atoms with E-state index in [4.69, 9.17) is 34.8 Å². The average Bonchev–Trinajstić information content (AvgIpc) is 2.54. The van der Waals surface area contributed by atoms with E-state index in [1.165, 1.54) is 11.8 Å². The summed E-state index contributed by atoms with van der Waals surface area (Å²) < 4.78 is 0. The highest BCUT2D eigenvalue weighted by molar-refractivity contribution is 6.36. The molecular weight excluding hydrogens is 383 g/mol. The first kappa shape index (κ1) is 19.6. The molecule has 0 atom stereocenters. The molecular formula is C18H17Cl3N2O2. The van der Waals surface area contributed by atoms with Crippen molar-refractivity contribution in [3.8, 4) is 0 Å². The van der Waals surface area contributed by atoms with Crippen LogP contribution in [0.1, 0.15) is 12.5 Å². The minimum absolute atomic E-state index is 0.131. The van der Waals surface area contributed by atoms with E-state index in [0.717, 1.165) is 5.56 Å². The van der Waals surface area contributed by atoms with E-state index in [9.17, 15) is 9.59 Å². The third kappa shape index (κ3) is 5.92. The first-order valence-corrected chi connectivity index (χ1v) is 8.74. The Hall–Kier alpha value is -1.75. The van der Waals surface area contributed by atoms with Gasteiger partial charge in [0.15, 0.2) is 0 Å². The van der Waals surface area contributed by atoms with Gasteiger partial charge < -0.3 is 10.2 Å². The summed E-state index contributed by atoms with van der Waals surface area (Å²) in [6.07, 6.45) is 0.249. The molecule has 0 aliphatic rings. The van der Waals surface area contributed by atoms with Crippen LogP contribution in [-0.4, -0.2) is 24.9 Å². The van der Waals surface area contributed by atoms with Gasteiger partial charge in [-0.15, -0.1) is 0 Å². The maximum absolute atomic E-state index is 12.0. The second-order valence-corrected chi connectivity index (χ2v) is 6.70. The van der Waals surface area contributed by atoms with Gasteiger partial charge >= 0.3 is 0 Å². The van der Waals surface area contributed by atoms with Gasteiger partial charge in [0.1, 0.15) is 0 Å². The van der Waals surface area contributed by atoms with Crippen molar-refractivity contribution in [2.75, 3.05) is 18.0 Å². The second-order valence-electron chi connectivity index (χ2n) is 5.42. The van der Waals surface area contributed by atoms with Crippen molar-refractivity contribution in [3.05, 3.63) is 63.1 Å².